The predicted molar refractivity (Wildman–Crippen MR) is 61.1 cm³/mol. The number of aromatic nitrogens is 2. The molecule has 1 rings (SSSR count). The van der Waals surface area contributed by atoms with Gasteiger partial charge in [-0.2, -0.15) is 0 Å². The lowest BCUT2D eigenvalue weighted by Crippen LogP contribution is -2.06. The van der Waals surface area contributed by atoms with Crippen molar-refractivity contribution in [2.24, 2.45) is 0 Å². The number of carbonyl (C=O) groups is 1. The molecule has 0 fully saturated rings. The molecular weight excluding hydrogens is 204 g/mol. The molecule has 0 amide bonds. The van der Waals surface area contributed by atoms with E-state index in [0.29, 0.717) is 12.8 Å². The van der Waals surface area contributed by atoms with Gasteiger partial charge in [-0.1, -0.05) is 13.3 Å². The molecular formula is C12H18N2O2. The van der Waals surface area contributed by atoms with E-state index in [1.807, 2.05) is 13.0 Å². The Morgan fingerprint density at radius 3 is 2.75 bits per heavy atom. The maximum absolute atomic E-state index is 11.0. The van der Waals surface area contributed by atoms with E-state index >= 15 is 0 Å². The second-order valence-corrected chi connectivity index (χ2v) is 3.74. The predicted octanol–water partition coefficient (Wildman–Crippen LogP) is 1.84. The molecule has 0 unspecified atom stereocenters. The monoisotopic (exact) mass is 222 g/mol. The molecule has 4 heteroatoms. The third-order valence-electron chi connectivity index (χ3n) is 2.24. The van der Waals surface area contributed by atoms with Crippen LogP contribution in [0.5, 0.6) is 0 Å². The van der Waals surface area contributed by atoms with E-state index in [1.54, 1.807) is 0 Å². The average molecular weight is 222 g/mol. The Morgan fingerprint density at radius 1 is 1.38 bits per heavy atom. The molecule has 0 aliphatic heterocycles. The minimum atomic E-state index is -0.220. The number of rotatable bonds is 5. The molecule has 0 atom stereocenters. The molecule has 0 bridgehead atoms. The maximum atomic E-state index is 11.0. The van der Waals surface area contributed by atoms with Crippen LogP contribution in [0.4, 0.5) is 0 Å². The molecule has 16 heavy (non-hydrogen) atoms. The number of methoxy groups -OCH3 is 1. The molecule has 1 aromatic rings. The standard InChI is InChI=1S/C12H18N2O2/c1-4-5-10-8-9(2)13-11(14-10)6-7-12(15)16-3/h8H,4-7H2,1-3H3. The summed E-state index contributed by atoms with van der Waals surface area (Å²) in [7, 11) is 1.39. The highest BCUT2D eigenvalue weighted by atomic mass is 16.5. The van der Waals surface area contributed by atoms with Crippen LogP contribution in [0, 0.1) is 6.92 Å². The van der Waals surface area contributed by atoms with Gasteiger partial charge in [0.2, 0.25) is 0 Å². The zero-order chi connectivity index (χ0) is 12.0. The van der Waals surface area contributed by atoms with Gasteiger partial charge < -0.3 is 4.74 Å². The first-order valence-corrected chi connectivity index (χ1v) is 5.56. The fourth-order valence-electron chi connectivity index (χ4n) is 1.51. The molecule has 0 radical (unpaired) electrons. The van der Waals surface area contributed by atoms with Crippen molar-refractivity contribution in [3.63, 3.8) is 0 Å². The van der Waals surface area contributed by atoms with E-state index in [4.69, 9.17) is 0 Å². The smallest absolute Gasteiger partial charge is 0.305 e. The Labute approximate surface area is 96.1 Å². The SMILES string of the molecule is CCCc1cc(C)nc(CCC(=O)OC)n1. The lowest BCUT2D eigenvalue weighted by Gasteiger charge is -2.04. The van der Waals surface area contributed by atoms with Gasteiger partial charge in [-0.15, -0.1) is 0 Å². The molecule has 0 saturated carbocycles. The summed E-state index contributed by atoms with van der Waals surface area (Å²) in [6.45, 7) is 4.06. The van der Waals surface area contributed by atoms with E-state index in [2.05, 4.69) is 21.6 Å². The molecule has 0 N–H and O–H groups in total. The topological polar surface area (TPSA) is 52.1 Å². The fraction of sp³-hybridized carbons (Fsp3) is 0.583. The van der Waals surface area contributed by atoms with E-state index in [9.17, 15) is 4.79 Å². The van der Waals surface area contributed by atoms with E-state index in [1.165, 1.54) is 7.11 Å². The Morgan fingerprint density at radius 2 is 2.12 bits per heavy atom. The zero-order valence-corrected chi connectivity index (χ0v) is 10.1. The Balaban J connectivity index is 2.68. The van der Waals surface area contributed by atoms with Gasteiger partial charge in [0.15, 0.2) is 0 Å². The minimum absolute atomic E-state index is 0.220. The van der Waals surface area contributed by atoms with E-state index in [-0.39, 0.29) is 5.97 Å². The number of esters is 1. The van der Waals surface area contributed by atoms with Crippen LogP contribution in [-0.2, 0) is 22.4 Å². The molecule has 1 heterocycles. The van der Waals surface area contributed by atoms with Gasteiger partial charge in [-0.3, -0.25) is 4.79 Å². The second kappa shape index (κ2) is 6.20. The summed E-state index contributed by atoms with van der Waals surface area (Å²) in [5, 5.41) is 0. The number of hydrogen-bond acceptors (Lipinski definition) is 4. The fourth-order valence-corrected chi connectivity index (χ4v) is 1.51. The van der Waals surface area contributed by atoms with Gasteiger partial charge in [0.25, 0.3) is 0 Å². The average Bonchev–Trinajstić information content (AvgIpc) is 2.25. The lowest BCUT2D eigenvalue weighted by atomic mass is 10.2. The van der Waals surface area contributed by atoms with Crippen LogP contribution >= 0.6 is 0 Å². The third kappa shape index (κ3) is 3.96. The first-order chi connectivity index (χ1) is 7.65. The van der Waals surface area contributed by atoms with Crippen molar-refractivity contribution < 1.29 is 9.53 Å². The minimum Gasteiger partial charge on any atom is -0.469 e. The van der Waals surface area contributed by atoms with Crippen LogP contribution in [-0.4, -0.2) is 23.0 Å². The van der Waals surface area contributed by atoms with Crippen LogP contribution in [0.3, 0.4) is 0 Å². The van der Waals surface area contributed by atoms with Crippen molar-refractivity contribution >= 4 is 5.97 Å². The first kappa shape index (κ1) is 12.6. The molecule has 4 nitrogen and oxygen atoms in total. The summed E-state index contributed by atoms with van der Waals surface area (Å²) in [5.74, 6) is 0.510. The molecule has 0 saturated heterocycles. The van der Waals surface area contributed by atoms with Gasteiger partial charge in [0, 0.05) is 17.8 Å². The summed E-state index contributed by atoms with van der Waals surface area (Å²) in [4.78, 5) is 19.7. The Kier molecular flexibility index (Phi) is 4.89. The van der Waals surface area contributed by atoms with Crippen LogP contribution < -0.4 is 0 Å². The Bertz CT molecular complexity index is 364. The summed E-state index contributed by atoms with van der Waals surface area (Å²) >= 11 is 0. The summed E-state index contributed by atoms with van der Waals surface area (Å²) in [6.07, 6.45) is 2.90. The summed E-state index contributed by atoms with van der Waals surface area (Å²) in [6, 6.07) is 1.99. The molecule has 1 aromatic heterocycles. The lowest BCUT2D eigenvalue weighted by molar-refractivity contribution is -0.140. The summed E-state index contributed by atoms with van der Waals surface area (Å²) < 4.78 is 4.59. The second-order valence-electron chi connectivity index (χ2n) is 3.74. The van der Waals surface area contributed by atoms with E-state index < -0.39 is 0 Å². The van der Waals surface area contributed by atoms with Gasteiger partial charge in [-0.05, 0) is 19.4 Å². The molecule has 0 spiro atoms. The number of aryl methyl sites for hydroxylation is 3. The normalized spacial score (nSPS) is 10.2. The Hall–Kier alpha value is -1.45. The quantitative estimate of drug-likeness (QED) is 0.713. The summed E-state index contributed by atoms with van der Waals surface area (Å²) in [5.41, 5.74) is 2.01. The zero-order valence-electron chi connectivity index (χ0n) is 10.1. The van der Waals surface area contributed by atoms with Crippen LogP contribution in [0.15, 0.2) is 6.07 Å². The molecule has 0 aliphatic rings. The molecule has 0 aliphatic carbocycles. The highest BCUT2D eigenvalue weighted by Crippen LogP contribution is 2.05. The van der Waals surface area contributed by atoms with Crippen molar-refractivity contribution in [2.45, 2.75) is 39.5 Å². The van der Waals surface area contributed by atoms with E-state index in [0.717, 1.165) is 30.1 Å². The van der Waals surface area contributed by atoms with Crippen LogP contribution in [0.2, 0.25) is 0 Å². The highest BCUT2D eigenvalue weighted by molar-refractivity contribution is 5.69. The van der Waals surface area contributed by atoms with Crippen molar-refractivity contribution in [1.82, 2.24) is 9.97 Å². The molecule has 88 valence electrons. The van der Waals surface area contributed by atoms with Crippen molar-refractivity contribution in [3.8, 4) is 0 Å². The van der Waals surface area contributed by atoms with Gasteiger partial charge in [0.05, 0.1) is 13.5 Å². The largest absolute Gasteiger partial charge is 0.469 e. The highest BCUT2D eigenvalue weighted by Gasteiger charge is 2.05. The number of nitrogens with zero attached hydrogens (tertiary/aromatic N) is 2. The van der Waals surface area contributed by atoms with Gasteiger partial charge >= 0.3 is 5.97 Å². The van der Waals surface area contributed by atoms with Crippen LogP contribution in [0.25, 0.3) is 0 Å². The number of ether oxygens (including phenoxy) is 1. The van der Waals surface area contributed by atoms with Crippen molar-refractivity contribution in [1.29, 1.82) is 0 Å². The first-order valence-electron chi connectivity index (χ1n) is 5.56. The van der Waals surface area contributed by atoms with Crippen molar-refractivity contribution in [2.75, 3.05) is 7.11 Å². The third-order valence-corrected chi connectivity index (χ3v) is 2.24. The number of hydrogen-bond donors (Lipinski definition) is 0. The van der Waals surface area contributed by atoms with Crippen LogP contribution in [0.1, 0.15) is 37.0 Å². The van der Waals surface area contributed by atoms with Crippen molar-refractivity contribution in [3.05, 3.63) is 23.3 Å². The van der Waals surface area contributed by atoms with Gasteiger partial charge in [-0.25, -0.2) is 9.97 Å². The molecule has 0 aromatic carbocycles. The number of carbonyl (C=O) groups excluding carboxylic acids is 1. The maximum Gasteiger partial charge on any atom is 0.305 e. The van der Waals surface area contributed by atoms with Gasteiger partial charge in [0.1, 0.15) is 5.82 Å².